The van der Waals surface area contributed by atoms with E-state index in [4.69, 9.17) is 9.84 Å². The quantitative estimate of drug-likeness (QED) is 0.856. The second-order valence-electron chi connectivity index (χ2n) is 4.91. The van der Waals surface area contributed by atoms with E-state index in [2.05, 4.69) is 4.72 Å². The van der Waals surface area contributed by atoms with Crippen LogP contribution in [0.1, 0.15) is 24.8 Å². The molecular weight excluding hydrogens is 285 g/mol. The first-order chi connectivity index (χ1) is 9.46. The first-order valence-electron chi connectivity index (χ1n) is 6.40. The molecule has 0 aliphatic heterocycles. The number of nitrogens with one attached hydrogen (secondary N) is 1. The van der Waals surface area contributed by atoms with Gasteiger partial charge in [-0.25, -0.2) is 17.5 Å². The van der Waals surface area contributed by atoms with Gasteiger partial charge in [-0.2, -0.15) is 0 Å². The molecule has 1 aliphatic rings. The average molecular weight is 303 g/mol. The first-order valence-corrected chi connectivity index (χ1v) is 7.89. The predicted octanol–water partition coefficient (Wildman–Crippen LogP) is 1.16. The number of aliphatic hydroxyl groups excluding tert-OH is 1. The summed E-state index contributed by atoms with van der Waals surface area (Å²) in [5.41, 5.74) is 0.335. The summed E-state index contributed by atoms with van der Waals surface area (Å²) >= 11 is 0. The lowest BCUT2D eigenvalue weighted by Gasteiger charge is -2.14. The van der Waals surface area contributed by atoms with Crippen molar-refractivity contribution in [3.05, 3.63) is 29.6 Å². The minimum atomic E-state index is -3.89. The number of methoxy groups -OCH3 is 1. The van der Waals surface area contributed by atoms with Gasteiger partial charge in [0.25, 0.3) is 0 Å². The second-order valence-corrected chi connectivity index (χ2v) is 6.59. The lowest BCUT2D eigenvalue weighted by atomic mass is 10.2. The third kappa shape index (κ3) is 3.35. The van der Waals surface area contributed by atoms with E-state index in [1.54, 1.807) is 7.11 Å². The van der Waals surface area contributed by atoms with Gasteiger partial charge in [0.2, 0.25) is 10.0 Å². The summed E-state index contributed by atoms with van der Waals surface area (Å²) < 4.78 is 45.8. The molecule has 1 aromatic rings. The third-order valence-electron chi connectivity index (χ3n) is 3.51. The number of hydrogen-bond donors (Lipinski definition) is 2. The Hall–Kier alpha value is -1.02. The van der Waals surface area contributed by atoms with Crippen LogP contribution in [0.25, 0.3) is 0 Å². The number of aliphatic hydroxyl groups is 1. The molecule has 0 saturated heterocycles. The van der Waals surface area contributed by atoms with Crippen LogP contribution < -0.4 is 4.72 Å². The van der Waals surface area contributed by atoms with E-state index < -0.39 is 20.7 Å². The van der Waals surface area contributed by atoms with Crippen molar-refractivity contribution in [2.24, 2.45) is 0 Å². The molecule has 0 amide bonds. The summed E-state index contributed by atoms with van der Waals surface area (Å²) in [4.78, 5) is -0.393. The fraction of sp³-hybridized carbons (Fsp3) is 0.538. The number of hydrogen-bond acceptors (Lipinski definition) is 4. The van der Waals surface area contributed by atoms with E-state index in [0.717, 1.165) is 12.5 Å². The number of ether oxygens (including phenoxy) is 1. The highest BCUT2D eigenvalue weighted by molar-refractivity contribution is 7.89. The molecule has 0 heterocycles. The molecule has 1 saturated carbocycles. The normalized spacial score (nSPS) is 23.1. The fourth-order valence-electron chi connectivity index (χ4n) is 2.40. The van der Waals surface area contributed by atoms with E-state index in [0.29, 0.717) is 18.4 Å². The van der Waals surface area contributed by atoms with Gasteiger partial charge in [0.15, 0.2) is 0 Å². The average Bonchev–Trinajstić information content (AvgIpc) is 2.85. The van der Waals surface area contributed by atoms with Gasteiger partial charge >= 0.3 is 0 Å². The summed E-state index contributed by atoms with van der Waals surface area (Å²) in [6.45, 7) is -0.331. The van der Waals surface area contributed by atoms with Crippen molar-refractivity contribution >= 4 is 10.0 Å². The fourth-order valence-corrected chi connectivity index (χ4v) is 3.75. The van der Waals surface area contributed by atoms with Crippen molar-refractivity contribution in [2.45, 2.75) is 42.9 Å². The maximum absolute atomic E-state index is 13.8. The zero-order chi connectivity index (χ0) is 14.8. The largest absolute Gasteiger partial charge is 0.392 e. The van der Waals surface area contributed by atoms with Crippen molar-refractivity contribution in [3.63, 3.8) is 0 Å². The van der Waals surface area contributed by atoms with Crippen LogP contribution >= 0.6 is 0 Å². The maximum atomic E-state index is 13.8. The highest BCUT2D eigenvalue weighted by Gasteiger charge is 2.29. The Labute approximate surface area is 117 Å². The molecule has 2 N–H and O–H groups in total. The standard InChI is InChI=1S/C13H18FNO4S/c1-19-11-4-3-10(7-11)15-20(17,18)13-5-2-9(8-16)6-12(13)14/h2,5-6,10-11,15-16H,3-4,7-8H2,1H3. The summed E-state index contributed by atoms with van der Waals surface area (Å²) in [5, 5.41) is 8.90. The van der Waals surface area contributed by atoms with Crippen LogP contribution in [-0.2, 0) is 21.4 Å². The van der Waals surface area contributed by atoms with Crippen LogP contribution in [0.4, 0.5) is 4.39 Å². The Morgan fingerprint density at radius 1 is 1.45 bits per heavy atom. The molecule has 2 atom stereocenters. The van der Waals surface area contributed by atoms with Crippen molar-refractivity contribution in [2.75, 3.05) is 7.11 Å². The molecule has 0 bridgehead atoms. The van der Waals surface area contributed by atoms with Crippen LogP contribution in [0.15, 0.2) is 23.1 Å². The molecule has 1 aromatic carbocycles. The molecule has 20 heavy (non-hydrogen) atoms. The van der Waals surface area contributed by atoms with Gasteiger partial charge in [0.1, 0.15) is 10.7 Å². The Bertz CT molecular complexity index is 576. The highest BCUT2D eigenvalue weighted by Crippen LogP contribution is 2.24. The maximum Gasteiger partial charge on any atom is 0.243 e. The minimum absolute atomic E-state index is 0.0457. The lowest BCUT2D eigenvalue weighted by molar-refractivity contribution is 0.107. The van der Waals surface area contributed by atoms with Crippen LogP contribution in [0.2, 0.25) is 0 Å². The van der Waals surface area contributed by atoms with Crippen LogP contribution in [0.5, 0.6) is 0 Å². The van der Waals surface area contributed by atoms with Gasteiger partial charge in [-0.1, -0.05) is 6.07 Å². The molecule has 1 fully saturated rings. The minimum Gasteiger partial charge on any atom is -0.392 e. The lowest BCUT2D eigenvalue weighted by Crippen LogP contribution is -2.34. The van der Waals surface area contributed by atoms with Crippen molar-refractivity contribution in [3.8, 4) is 0 Å². The van der Waals surface area contributed by atoms with E-state index in [1.165, 1.54) is 12.1 Å². The summed E-state index contributed by atoms with van der Waals surface area (Å²) in [6.07, 6.45) is 2.10. The van der Waals surface area contributed by atoms with E-state index in [1.807, 2.05) is 0 Å². The molecule has 1 aliphatic carbocycles. The number of sulfonamides is 1. The van der Waals surface area contributed by atoms with Crippen molar-refractivity contribution < 1.29 is 22.7 Å². The van der Waals surface area contributed by atoms with Gasteiger partial charge in [0, 0.05) is 13.2 Å². The molecule has 7 heteroatoms. The second kappa shape index (κ2) is 6.17. The van der Waals surface area contributed by atoms with Gasteiger partial charge in [-0.3, -0.25) is 0 Å². The summed E-state index contributed by atoms with van der Waals surface area (Å²) in [5.74, 6) is -0.856. The number of rotatable bonds is 5. The van der Waals surface area contributed by atoms with Gasteiger partial charge in [-0.15, -0.1) is 0 Å². The monoisotopic (exact) mass is 303 g/mol. The number of benzene rings is 1. The number of halogens is 1. The molecule has 0 radical (unpaired) electrons. The molecule has 112 valence electrons. The van der Waals surface area contributed by atoms with Gasteiger partial charge in [0.05, 0.1) is 12.7 Å². The smallest absolute Gasteiger partial charge is 0.243 e. The van der Waals surface area contributed by atoms with Crippen molar-refractivity contribution in [1.29, 1.82) is 0 Å². The van der Waals surface area contributed by atoms with Gasteiger partial charge in [-0.05, 0) is 37.0 Å². The van der Waals surface area contributed by atoms with E-state index in [-0.39, 0.29) is 18.8 Å². The van der Waals surface area contributed by atoms with Crippen molar-refractivity contribution in [1.82, 2.24) is 4.72 Å². The molecule has 0 aromatic heterocycles. The summed E-state index contributed by atoms with van der Waals surface area (Å²) in [6, 6.07) is 3.36. The van der Waals surface area contributed by atoms with Crippen LogP contribution in [0.3, 0.4) is 0 Å². The van der Waals surface area contributed by atoms with Crippen LogP contribution in [0, 0.1) is 5.82 Å². The Morgan fingerprint density at radius 2 is 2.20 bits per heavy atom. The zero-order valence-electron chi connectivity index (χ0n) is 11.2. The first kappa shape index (κ1) is 15.4. The molecule has 2 rings (SSSR count). The Balaban J connectivity index is 2.14. The molecule has 0 spiro atoms. The summed E-state index contributed by atoms with van der Waals surface area (Å²) in [7, 11) is -2.30. The molecule has 5 nitrogen and oxygen atoms in total. The Morgan fingerprint density at radius 3 is 2.75 bits per heavy atom. The van der Waals surface area contributed by atoms with Gasteiger partial charge < -0.3 is 9.84 Å². The molecule has 2 unspecified atom stereocenters. The van der Waals surface area contributed by atoms with E-state index >= 15 is 0 Å². The third-order valence-corrected chi connectivity index (χ3v) is 5.06. The highest BCUT2D eigenvalue weighted by atomic mass is 32.2. The topological polar surface area (TPSA) is 75.6 Å². The zero-order valence-corrected chi connectivity index (χ0v) is 12.0. The predicted molar refractivity (Wildman–Crippen MR) is 71.1 cm³/mol. The van der Waals surface area contributed by atoms with E-state index in [9.17, 15) is 12.8 Å². The van der Waals surface area contributed by atoms with Crippen LogP contribution in [-0.4, -0.2) is 32.8 Å². The Kier molecular flexibility index (Phi) is 4.74. The SMILES string of the molecule is COC1CCC(NS(=O)(=O)c2ccc(CO)cc2F)C1. The molecular formula is C13H18FNO4S.